The third-order valence-corrected chi connectivity index (χ3v) is 5.94. The summed E-state index contributed by atoms with van der Waals surface area (Å²) in [6.45, 7) is 9.21. The maximum atomic E-state index is 11.7. The monoisotopic (exact) mass is 379 g/mol. The van der Waals surface area contributed by atoms with Gasteiger partial charge in [0.2, 0.25) is 0 Å². The number of aromatic nitrogens is 1. The summed E-state index contributed by atoms with van der Waals surface area (Å²) in [5, 5.41) is 10.3. The summed E-state index contributed by atoms with van der Waals surface area (Å²) in [5.41, 5.74) is 0.584. The normalized spacial score (nSPS) is 16.5. The van der Waals surface area contributed by atoms with E-state index in [1.165, 1.54) is 0 Å². The van der Waals surface area contributed by atoms with Gasteiger partial charge >= 0.3 is 21.5 Å². The zero-order chi connectivity index (χ0) is 18.5. The summed E-state index contributed by atoms with van der Waals surface area (Å²) in [5.74, 6) is -0.110. The number of H-pyrrole nitrogens is 1. The van der Waals surface area contributed by atoms with Gasteiger partial charge in [-0.3, -0.25) is 4.55 Å². The van der Waals surface area contributed by atoms with Crippen LogP contribution < -0.4 is 0 Å². The highest BCUT2D eigenvalue weighted by molar-refractivity contribution is 7.97. The molecule has 138 valence electrons. The molecule has 0 spiro atoms. The lowest BCUT2D eigenvalue weighted by molar-refractivity contribution is 0.0482. The molecule has 0 aliphatic carbocycles. The molecule has 1 rings (SSSR count). The predicted octanol–water partition coefficient (Wildman–Crippen LogP) is 2.67. The van der Waals surface area contributed by atoms with Gasteiger partial charge in [0.1, 0.15) is 0 Å². The van der Waals surface area contributed by atoms with Crippen LogP contribution in [0.1, 0.15) is 51.6 Å². The molecule has 0 saturated heterocycles. The van der Waals surface area contributed by atoms with Crippen LogP contribution in [0, 0.1) is 5.41 Å². The van der Waals surface area contributed by atoms with Crippen LogP contribution in [0.5, 0.6) is 0 Å². The van der Waals surface area contributed by atoms with Gasteiger partial charge in [-0.2, -0.15) is 12.6 Å². The van der Waals surface area contributed by atoms with Gasteiger partial charge in [-0.05, 0) is 36.8 Å². The Kier molecular flexibility index (Phi) is 7.36. The Morgan fingerprint density at radius 1 is 1.46 bits per heavy atom. The molecule has 0 bridgehead atoms. The fourth-order valence-electron chi connectivity index (χ4n) is 2.21. The van der Waals surface area contributed by atoms with E-state index in [4.69, 9.17) is 4.55 Å². The van der Waals surface area contributed by atoms with Crippen molar-refractivity contribution in [1.29, 1.82) is 0 Å². The van der Waals surface area contributed by atoms with Crippen LogP contribution in [0.25, 0.3) is 0 Å². The second-order valence-corrected chi connectivity index (χ2v) is 9.22. The highest BCUT2D eigenvalue weighted by atomic mass is 32.3. The maximum absolute atomic E-state index is 11.7. The van der Waals surface area contributed by atoms with E-state index < -0.39 is 27.6 Å². The molecule has 0 fully saturated rings. The minimum Gasteiger partial charge on any atom is -0.393 e. The molecule has 0 aliphatic heterocycles. The smallest absolute Gasteiger partial charge is 0.317 e. The Morgan fingerprint density at radius 2 is 2.08 bits per heavy atom. The number of aliphatic hydroxyl groups is 1. The number of allylic oxidation sites excluding steroid dienone is 1. The van der Waals surface area contributed by atoms with E-state index in [0.717, 1.165) is 5.69 Å². The molecule has 0 saturated carbocycles. The van der Waals surface area contributed by atoms with Crippen LogP contribution in [0.3, 0.4) is 0 Å². The van der Waals surface area contributed by atoms with Crippen LogP contribution >= 0.6 is 0 Å². The van der Waals surface area contributed by atoms with E-state index >= 15 is 0 Å². The number of rotatable bonds is 9. The Labute approximate surface area is 145 Å². The lowest BCUT2D eigenvalue weighted by Gasteiger charge is -2.29. The Balaban J connectivity index is 2.80. The quantitative estimate of drug-likeness (QED) is 0.568. The molecule has 9 heteroatoms. The Hall–Kier alpha value is -1.00. The lowest BCUT2D eigenvalue weighted by atomic mass is 9.81. The van der Waals surface area contributed by atoms with Crippen molar-refractivity contribution in [3.63, 3.8) is 0 Å². The van der Waals surface area contributed by atoms with Crippen molar-refractivity contribution in [1.82, 2.24) is 4.98 Å². The van der Waals surface area contributed by atoms with E-state index in [9.17, 15) is 17.7 Å². The van der Waals surface area contributed by atoms with Gasteiger partial charge in [0.25, 0.3) is 0 Å². The fourth-order valence-corrected chi connectivity index (χ4v) is 3.57. The van der Waals surface area contributed by atoms with E-state index in [2.05, 4.69) is 15.2 Å². The number of hydrogen-bond donors (Lipinski definition) is 3. The summed E-state index contributed by atoms with van der Waals surface area (Å²) < 4.78 is 46.5. The Morgan fingerprint density at radius 3 is 2.54 bits per heavy atom. The maximum Gasteiger partial charge on any atom is 0.317 e. The molecular weight excluding hydrogens is 354 g/mol. The summed E-state index contributed by atoms with van der Waals surface area (Å²) >= 11 is -2.92. The van der Waals surface area contributed by atoms with Gasteiger partial charge < -0.3 is 10.1 Å². The minimum absolute atomic E-state index is 0.0556. The van der Waals surface area contributed by atoms with Crippen molar-refractivity contribution in [2.75, 3.05) is 0 Å². The molecule has 0 aliphatic rings. The second kappa shape index (κ2) is 8.39. The summed E-state index contributed by atoms with van der Waals surface area (Å²) in [6, 6.07) is 3.70. The molecule has 1 aromatic rings. The van der Waals surface area contributed by atoms with Gasteiger partial charge in [0, 0.05) is 17.8 Å². The van der Waals surface area contributed by atoms with Crippen LogP contribution in [0.4, 0.5) is 0 Å². The third-order valence-electron chi connectivity index (χ3n) is 3.84. The van der Waals surface area contributed by atoms with Gasteiger partial charge in [-0.15, -0.1) is 3.63 Å². The standard InChI is InChI=1S/C15H25NO6S2/c1-11(24(20,21)22-23(18)19)7-8-12(13-6-5-9-16-13)10-14(17)15(2,3)4/h5-6,9,12,14,16-17H,1,7-8,10H2,2-4H3,(H,18,19). The molecule has 1 heterocycles. The lowest BCUT2D eigenvalue weighted by Crippen LogP contribution is -2.28. The molecule has 3 unspecified atom stereocenters. The average Bonchev–Trinajstić information content (AvgIpc) is 2.94. The fraction of sp³-hybridized carbons (Fsp3) is 0.600. The van der Waals surface area contributed by atoms with Crippen LogP contribution in [-0.4, -0.2) is 33.4 Å². The van der Waals surface area contributed by atoms with E-state index in [1.807, 2.05) is 32.9 Å². The molecule has 1 aromatic heterocycles. The first kappa shape index (κ1) is 21.0. The summed E-state index contributed by atoms with van der Waals surface area (Å²) in [4.78, 5) is 2.81. The van der Waals surface area contributed by atoms with Gasteiger partial charge in [0.15, 0.2) is 0 Å². The van der Waals surface area contributed by atoms with Gasteiger partial charge in [-0.1, -0.05) is 27.4 Å². The van der Waals surface area contributed by atoms with Crippen molar-refractivity contribution < 1.29 is 25.9 Å². The van der Waals surface area contributed by atoms with Crippen molar-refractivity contribution >= 4 is 21.5 Å². The number of aromatic amines is 1. The molecular formula is C15H25NO6S2. The van der Waals surface area contributed by atoms with Crippen LogP contribution in [-0.2, 0) is 25.1 Å². The average molecular weight is 380 g/mol. The molecule has 0 amide bonds. The molecule has 24 heavy (non-hydrogen) atoms. The molecule has 3 atom stereocenters. The summed E-state index contributed by atoms with van der Waals surface area (Å²) in [6.07, 6.45) is 2.09. The van der Waals surface area contributed by atoms with E-state index in [0.29, 0.717) is 12.8 Å². The summed E-state index contributed by atoms with van der Waals surface area (Å²) in [7, 11) is -4.30. The second-order valence-electron chi connectivity index (χ2n) is 6.76. The number of nitrogens with one attached hydrogen (secondary N) is 1. The van der Waals surface area contributed by atoms with Gasteiger partial charge in [0.05, 0.1) is 11.0 Å². The van der Waals surface area contributed by atoms with E-state index in [-0.39, 0.29) is 22.7 Å². The predicted molar refractivity (Wildman–Crippen MR) is 92.8 cm³/mol. The third kappa shape index (κ3) is 6.48. The molecule has 0 radical (unpaired) electrons. The largest absolute Gasteiger partial charge is 0.393 e. The Bertz CT molecular complexity index is 661. The van der Waals surface area contributed by atoms with Gasteiger partial charge in [-0.25, -0.2) is 0 Å². The first-order valence-corrected chi connectivity index (χ1v) is 9.92. The first-order chi connectivity index (χ1) is 10.9. The van der Waals surface area contributed by atoms with Crippen molar-refractivity contribution in [2.45, 2.75) is 52.1 Å². The molecule has 3 N–H and O–H groups in total. The van der Waals surface area contributed by atoms with Crippen molar-refractivity contribution in [3.8, 4) is 0 Å². The minimum atomic E-state index is -4.30. The topological polar surface area (TPSA) is 117 Å². The van der Waals surface area contributed by atoms with Crippen molar-refractivity contribution in [3.05, 3.63) is 35.5 Å². The van der Waals surface area contributed by atoms with Crippen LogP contribution in [0.2, 0.25) is 0 Å². The zero-order valence-corrected chi connectivity index (χ0v) is 15.7. The zero-order valence-electron chi connectivity index (χ0n) is 14.1. The van der Waals surface area contributed by atoms with E-state index in [1.54, 1.807) is 6.20 Å². The number of hydrogen-bond acceptors (Lipinski definition) is 5. The highest BCUT2D eigenvalue weighted by Crippen LogP contribution is 2.33. The first-order valence-electron chi connectivity index (χ1n) is 7.48. The molecule has 0 aromatic carbocycles. The molecule has 7 nitrogen and oxygen atoms in total. The highest BCUT2D eigenvalue weighted by Gasteiger charge is 2.28. The van der Waals surface area contributed by atoms with Crippen molar-refractivity contribution in [2.24, 2.45) is 5.41 Å². The van der Waals surface area contributed by atoms with Crippen LogP contribution in [0.15, 0.2) is 29.8 Å². The number of aliphatic hydroxyl groups excluding tert-OH is 1. The SMILES string of the molecule is C=C(CCC(CC(O)C(C)(C)C)c1ccc[nH]1)S(=O)(=O)OS(=O)O.